The van der Waals surface area contributed by atoms with E-state index in [1.807, 2.05) is 12.4 Å². The number of hydrogen-bond acceptors (Lipinski definition) is 5. The maximum atomic E-state index is 12.3. The number of rotatable bonds is 8. The van der Waals surface area contributed by atoms with Crippen molar-refractivity contribution in [3.8, 4) is 0 Å². The standard InChI is InChI=1S/C21H30N6O2/c1-15(2)19-22-11-13-27(19)12-5-10-23-20(28)16-7-8-18(25-14-16)26-17-6-3-4-9-24-21(17)29/h7-8,11,13-15,17H,3-6,9-10,12H2,1-2H3,(H,23,28)(H,24,29)(H,25,26)/t17-/m0/s1. The normalized spacial score (nSPS) is 16.9. The van der Waals surface area contributed by atoms with E-state index in [0.717, 1.165) is 44.6 Å². The van der Waals surface area contributed by atoms with Gasteiger partial charge in [-0.3, -0.25) is 9.59 Å². The van der Waals surface area contributed by atoms with Crippen molar-refractivity contribution in [1.29, 1.82) is 0 Å². The van der Waals surface area contributed by atoms with Crippen LogP contribution >= 0.6 is 0 Å². The second-order valence-electron chi connectivity index (χ2n) is 7.66. The van der Waals surface area contributed by atoms with E-state index in [2.05, 4.69) is 44.3 Å². The number of anilines is 1. The summed E-state index contributed by atoms with van der Waals surface area (Å²) in [4.78, 5) is 33.0. The summed E-state index contributed by atoms with van der Waals surface area (Å²) < 4.78 is 2.13. The minimum absolute atomic E-state index is 0.00429. The third-order valence-corrected chi connectivity index (χ3v) is 5.01. The van der Waals surface area contributed by atoms with Gasteiger partial charge in [0.25, 0.3) is 5.91 Å². The predicted molar refractivity (Wildman–Crippen MR) is 112 cm³/mol. The maximum absolute atomic E-state index is 12.3. The minimum Gasteiger partial charge on any atom is -0.358 e. The van der Waals surface area contributed by atoms with Crippen molar-refractivity contribution >= 4 is 17.6 Å². The van der Waals surface area contributed by atoms with Gasteiger partial charge >= 0.3 is 0 Å². The first-order valence-electron chi connectivity index (χ1n) is 10.3. The van der Waals surface area contributed by atoms with Gasteiger partial charge in [0.15, 0.2) is 0 Å². The zero-order chi connectivity index (χ0) is 20.6. The molecule has 1 fully saturated rings. The highest BCUT2D eigenvalue weighted by molar-refractivity contribution is 5.94. The van der Waals surface area contributed by atoms with Crippen LogP contribution < -0.4 is 16.0 Å². The number of imidazole rings is 1. The second kappa shape index (κ2) is 10.0. The molecule has 1 aliphatic rings. The molecule has 2 aromatic heterocycles. The lowest BCUT2D eigenvalue weighted by molar-refractivity contribution is -0.121. The largest absolute Gasteiger partial charge is 0.358 e. The van der Waals surface area contributed by atoms with Crippen LogP contribution in [0.5, 0.6) is 0 Å². The molecule has 0 radical (unpaired) electrons. The molecule has 0 unspecified atom stereocenters. The molecule has 1 aliphatic heterocycles. The van der Waals surface area contributed by atoms with E-state index in [1.165, 1.54) is 0 Å². The van der Waals surface area contributed by atoms with E-state index in [1.54, 1.807) is 18.3 Å². The Morgan fingerprint density at radius 2 is 2.17 bits per heavy atom. The van der Waals surface area contributed by atoms with Gasteiger partial charge in [0.05, 0.1) is 5.56 Å². The lowest BCUT2D eigenvalue weighted by Gasteiger charge is -2.15. The summed E-state index contributed by atoms with van der Waals surface area (Å²) in [6.07, 6.45) is 8.93. The molecule has 2 amide bonds. The molecule has 1 saturated heterocycles. The number of nitrogens with zero attached hydrogens (tertiary/aromatic N) is 3. The molecule has 8 heteroatoms. The van der Waals surface area contributed by atoms with Crippen molar-refractivity contribution < 1.29 is 9.59 Å². The lowest BCUT2D eigenvalue weighted by Crippen LogP contribution is -2.38. The van der Waals surface area contributed by atoms with Crippen LogP contribution in [0.2, 0.25) is 0 Å². The van der Waals surface area contributed by atoms with Gasteiger partial charge in [-0.1, -0.05) is 13.8 Å². The van der Waals surface area contributed by atoms with Crippen LogP contribution in [0.3, 0.4) is 0 Å². The molecule has 3 N–H and O–H groups in total. The third kappa shape index (κ3) is 5.79. The zero-order valence-electron chi connectivity index (χ0n) is 17.1. The van der Waals surface area contributed by atoms with Crippen molar-refractivity contribution in [2.75, 3.05) is 18.4 Å². The fourth-order valence-electron chi connectivity index (χ4n) is 3.43. The summed E-state index contributed by atoms with van der Waals surface area (Å²) >= 11 is 0. The van der Waals surface area contributed by atoms with Crippen LogP contribution in [0.15, 0.2) is 30.7 Å². The molecule has 0 spiro atoms. The molecule has 2 aromatic rings. The highest BCUT2D eigenvalue weighted by Gasteiger charge is 2.20. The SMILES string of the molecule is CC(C)c1nccn1CCCNC(=O)c1ccc(N[C@H]2CCCCNC2=O)nc1. The van der Waals surface area contributed by atoms with Crippen LogP contribution in [-0.2, 0) is 11.3 Å². The van der Waals surface area contributed by atoms with E-state index in [0.29, 0.717) is 23.8 Å². The van der Waals surface area contributed by atoms with Crippen molar-refractivity contribution in [2.45, 2.75) is 58.0 Å². The molecule has 3 rings (SSSR count). The Morgan fingerprint density at radius 3 is 2.93 bits per heavy atom. The van der Waals surface area contributed by atoms with Crippen molar-refractivity contribution in [2.24, 2.45) is 0 Å². The van der Waals surface area contributed by atoms with Crippen LogP contribution in [0, 0.1) is 0 Å². The Hall–Kier alpha value is -2.90. The molecule has 156 valence electrons. The Labute approximate surface area is 171 Å². The quantitative estimate of drug-likeness (QED) is 0.593. The fraction of sp³-hybridized carbons (Fsp3) is 0.524. The Morgan fingerprint density at radius 1 is 1.31 bits per heavy atom. The van der Waals surface area contributed by atoms with E-state index in [4.69, 9.17) is 0 Å². The molecular weight excluding hydrogens is 368 g/mol. The summed E-state index contributed by atoms with van der Waals surface area (Å²) in [5.74, 6) is 1.90. The minimum atomic E-state index is -0.274. The molecule has 1 atom stereocenters. The first-order valence-corrected chi connectivity index (χ1v) is 10.3. The molecule has 8 nitrogen and oxygen atoms in total. The van der Waals surface area contributed by atoms with Gasteiger partial charge in [0.2, 0.25) is 5.91 Å². The van der Waals surface area contributed by atoms with Gasteiger partial charge in [-0.25, -0.2) is 9.97 Å². The number of pyridine rings is 1. The van der Waals surface area contributed by atoms with Crippen molar-refractivity contribution in [1.82, 2.24) is 25.2 Å². The number of aryl methyl sites for hydroxylation is 1. The predicted octanol–water partition coefficient (Wildman–Crippen LogP) is 2.30. The van der Waals surface area contributed by atoms with Gasteiger partial charge < -0.3 is 20.5 Å². The van der Waals surface area contributed by atoms with E-state index >= 15 is 0 Å². The summed E-state index contributed by atoms with van der Waals surface area (Å²) in [6, 6.07) is 3.20. The molecule has 3 heterocycles. The fourth-order valence-corrected chi connectivity index (χ4v) is 3.43. The average Bonchev–Trinajstić information content (AvgIpc) is 3.10. The van der Waals surface area contributed by atoms with Crippen LogP contribution in [0.1, 0.15) is 61.6 Å². The number of amides is 2. The summed E-state index contributed by atoms with van der Waals surface area (Å²) in [5.41, 5.74) is 0.506. The highest BCUT2D eigenvalue weighted by Crippen LogP contribution is 2.13. The van der Waals surface area contributed by atoms with Crippen LogP contribution in [0.4, 0.5) is 5.82 Å². The summed E-state index contributed by atoms with van der Waals surface area (Å²) in [6.45, 7) is 6.36. The zero-order valence-corrected chi connectivity index (χ0v) is 17.1. The number of carbonyl (C=O) groups excluding carboxylic acids is 2. The second-order valence-corrected chi connectivity index (χ2v) is 7.66. The molecular formula is C21H30N6O2. The third-order valence-electron chi connectivity index (χ3n) is 5.01. The monoisotopic (exact) mass is 398 g/mol. The highest BCUT2D eigenvalue weighted by atomic mass is 16.2. The lowest BCUT2D eigenvalue weighted by atomic mass is 10.1. The number of aromatic nitrogens is 3. The molecule has 29 heavy (non-hydrogen) atoms. The average molecular weight is 399 g/mol. The number of hydrogen-bond donors (Lipinski definition) is 3. The Bertz CT molecular complexity index is 815. The Kier molecular flexibility index (Phi) is 7.21. The Balaban J connectivity index is 1.45. The van der Waals surface area contributed by atoms with Crippen LogP contribution in [-0.4, -0.2) is 45.5 Å². The van der Waals surface area contributed by atoms with Crippen molar-refractivity contribution in [3.05, 3.63) is 42.1 Å². The summed E-state index contributed by atoms with van der Waals surface area (Å²) in [7, 11) is 0. The van der Waals surface area contributed by atoms with E-state index in [9.17, 15) is 9.59 Å². The van der Waals surface area contributed by atoms with E-state index in [-0.39, 0.29) is 17.9 Å². The van der Waals surface area contributed by atoms with Crippen molar-refractivity contribution in [3.63, 3.8) is 0 Å². The molecule has 0 bridgehead atoms. The molecule has 0 aromatic carbocycles. The number of nitrogens with one attached hydrogen (secondary N) is 3. The van der Waals surface area contributed by atoms with Gasteiger partial charge in [-0.2, -0.15) is 0 Å². The maximum Gasteiger partial charge on any atom is 0.252 e. The van der Waals surface area contributed by atoms with Gasteiger partial charge in [-0.05, 0) is 37.8 Å². The smallest absolute Gasteiger partial charge is 0.252 e. The summed E-state index contributed by atoms with van der Waals surface area (Å²) in [5, 5.41) is 8.98. The van der Waals surface area contributed by atoms with Gasteiger partial charge in [-0.15, -0.1) is 0 Å². The first-order chi connectivity index (χ1) is 14.0. The van der Waals surface area contributed by atoms with E-state index < -0.39 is 0 Å². The number of carbonyl (C=O) groups is 2. The molecule has 0 saturated carbocycles. The van der Waals surface area contributed by atoms with Gasteiger partial charge in [0, 0.05) is 44.1 Å². The van der Waals surface area contributed by atoms with Gasteiger partial charge in [0.1, 0.15) is 17.7 Å². The first kappa shape index (κ1) is 20.8. The van der Waals surface area contributed by atoms with Crippen LogP contribution in [0.25, 0.3) is 0 Å². The topological polar surface area (TPSA) is 101 Å². The molecule has 0 aliphatic carbocycles.